The Hall–Kier alpha value is -1.10. The van der Waals surface area contributed by atoms with Crippen molar-refractivity contribution in [3.63, 3.8) is 0 Å². The van der Waals surface area contributed by atoms with Crippen molar-refractivity contribution in [1.82, 2.24) is 9.80 Å². The van der Waals surface area contributed by atoms with Crippen LogP contribution in [-0.2, 0) is 6.42 Å². The van der Waals surface area contributed by atoms with E-state index in [4.69, 9.17) is 4.74 Å². The molecule has 0 aromatic heterocycles. The summed E-state index contributed by atoms with van der Waals surface area (Å²) < 4.78 is 6.27. The predicted octanol–water partition coefficient (Wildman–Crippen LogP) is 2.07. The maximum absolute atomic E-state index is 11.1. The summed E-state index contributed by atoms with van der Waals surface area (Å²) in [5.74, 6) is 0.833. The number of benzene rings is 1. The Morgan fingerprint density at radius 2 is 1.91 bits per heavy atom. The molecular formula is C18H28N2O2. The van der Waals surface area contributed by atoms with Crippen LogP contribution < -0.4 is 4.74 Å². The van der Waals surface area contributed by atoms with Crippen molar-refractivity contribution in [3.8, 4) is 5.75 Å². The quantitative estimate of drug-likeness (QED) is 0.907. The zero-order valence-corrected chi connectivity index (χ0v) is 14.2. The first-order valence-corrected chi connectivity index (χ1v) is 8.35. The highest BCUT2D eigenvalue weighted by molar-refractivity contribution is 5.42. The maximum Gasteiger partial charge on any atom is 0.126 e. The van der Waals surface area contributed by atoms with Crippen LogP contribution in [0.25, 0.3) is 0 Å². The Kier molecular flexibility index (Phi) is 4.19. The number of rotatable bonds is 2. The molecule has 122 valence electrons. The van der Waals surface area contributed by atoms with Gasteiger partial charge in [0, 0.05) is 31.7 Å². The molecule has 0 radical (unpaired) electrons. The van der Waals surface area contributed by atoms with E-state index in [1.165, 1.54) is 5.56 Å². The number of aliphatic hydroxyl groups excluding tert-OH is 1. The predicted molar refractivity (Wildman–Crippen MR) is 88.3 cm³/mol. The molecule has 0 bridgehead atoms. The van der Waals surface area contributed by atoms with Gasteiger partial charge in [0.05, 0.1) is 6.04 Å². The van der Waals surface area contributed by atoms with Gasteiger partial charge < -0.3 is 14.7 Å². The van der Waals surface area contributed by atoms with Crippen LogP contribution in [0.3, 0.4) is 0 Å². The average Bonchev–Trinajstić information content (AvgIpc) is 2.48. The number of nitrogens with zero attached hydrogens (tertiary/aromatic N) is 2. The van der Waals surface area contributed by atoms with Gasteiger partial charge in [0.15, 0.2) is 0 Å². The number of aryl methyl sites for hydroxylation is 1. The lowest BCUT2D eigenvalue weighted by Crippen LogP contribution is -2.61. The van der Waals surface area contributed by atoms with Crippen LogP contribution in [0.1, 0.15) is 38.0 Å². The van der Waals surface area contributed by atoms with E-state index in [0.29, 0.717) is 0 Å². The second kappa shape index (κ2) is 5.84. The van der Waals surface area contributed by atoms with Crippen molar-refractivity contribution in [1.29, 1.82) is 0 Å². The van der Waals surface area contributed by atoms with Gasteiger partial charge in [-0.25, -0.2) is 0 Å². The molecule has 0 aliphatic carbocycles. The zero-order valence-electron chi connectivity index (χ0n) is 14.2. The smallest absolute Gasteiger partial charge is 0.126 e. The van der Waals surface area contributed by atoms with E-state index in [-0.39, 0.29) is 6.04 Å². The SMILES string of the molecule is CCc1ccc2c(c1)C(O)C(N1CCN(C)CC1)C(C)(C)O2. The molecule has 4 nitrogen and oxygen atoms in total. The second-order valence-electron chi connectivity index (χ2n) is 7.16. The molecule has 0 spiro atoms. The summed E-state index contributed by atoms with van der Waals surface area (Å²) in [5.41, 5.74) is 1.80. The van der Waals surface area contributed by atoms with Gasteiger partial charge in [-0.15, -0.1) is 0 Å². The molecular weight excluding hydrogens is 276 g/mol. The molecule has 0 saturated carbocycles. The summed E-state index contributed by atoms with van der Waals surface area (Å²) in [6, 6.07) is 6.22. The summed E-state index contributed by atoms with van der Waals surface area (Å²) in [4.78, 5) is 4.73. The summed E-state index contributed by atoms with van der Waals surface area (Å²) in [7, 11) is 2.15. The van der Waals surface area contributed by atoms with E-state index in [2.05, 4.69) is 49.8 Å². The number of fused-ring (bicyclic) bond motifs is 1. The third-order valence-electron chi connectivity index (χ3n) is 5.12. The Morgan fingerprint density at radius 3 is 2.55 bits per heavy atom. The lowest BCUT2D eigenvalue weighted by molar-refractivity contribution is -0.0919. The van der Waals surface area contributed by atoms with Crippen molar-refractivity contribution >= 4 is 0 Å². The van der Waals surface area contributed by atoms with Crippen molar-refractivity contribution in [2.45, 2.75) is 44.9 Å². The van der Waals surface area contributed by atoms with Crippen LogP contribution in [0.4, 0.5) is 0 Å². The van der Waals surface area contributed by atoms with Crippen molar-refractivity contribution in [2.24, 2.45) is 0 Å². The molecule has 1 N–H and O–H groups in total. The minimum atomic E-state index is -0.492. The third kappa shape index (κ3) is 2.75. The largest absolute Gasteiger partial charge is 0.486 e. The van der Waals surface area contributed by atoms with Crippen LogP contribution in [0.15, 0.2) is 18.2 Å². The summed E-state index contributed by atoms with van der Waals surface area (Å²) in [6.45, 7) is 10.4. The molecule has 1 aromatic rings. The number of piperazine rings is 1. The first-order chi connectivity index (χ1) is 10.4. The third-order valence-corrected chi connectivity index (χ3v) is 5.12. The number of hydrogen-bond acceptors (Lipinski definition) is 4. The van der Waals surface area contributed by atoms with Gasteiger partial charge in [-0.05, 0) is 45.0 Å². The van der Waals surface area contributed by atoms with Gasteiger partial charge in [-0.1, -0.05) is 13.0 Å². The summed E-state index contributed by atoms with van der Waals surface area (Å²) >= 11 is 0. The molecule has 2 atom stereocenters. The Bertz CT molecular complexity index is 536. The van der Waals surface area contributed by atoms with E-state index in [1.807, 2.05) is 6.07 Å². The molecule has 2 unspecified atom stereocenters. The number of ether oxygens (including phenoxy) is 1. The van der Waals surface area contributed by atoms with Crippen molar-refractivity contribution < 1.29 is 9.84 Å². The van der Waals surface area contributed by atoms with Crippen LogP contribution in [0.2, 0.25) is 0 Å². The van der Waals surface area contributed by atoms with Gasteiger partial charge in [0.1, 0.15) is 17.5 Å². The number of likely N-dealkylation sites (N-methyl/N-ethyl adjacent to an activating group) is 1. The molecule has 2 aliphatic heterocycles. The lowest BCUT2D eigenvalue weighted by atomic mass is 9.84. The number of hydrogen-bond donors (Lipinski definition) is 1. The summed E-state index contributed by atoms with van der Waals surface area (Å²) in [6.07, 6.45) is 0.483. The fourth-order valence-electron chi connectivity index (χ4n) is 3.78. The Labute approximate surface area is 133 Å². The summed E-state index contributed by atoms with van der Waals surface area (Å²) in [5, 5.41) is 11.1. The fourth-order valence-corrected chi connectivity index (χ4v) is 3.78. The molecule has 1 aromatic carbocycles. The number of aliphatic hydroxyl groups is 1. The molecule has 2 aliphatic rings. The van der Waals surface area contributed by atoms with Crippen LogP contribution in [0.5, 0.6) is 5.75 Å². The van der Waals surface area contributed by atoms with E-state index < -0.39 is 11.7 Å². The van der Waals surface area contributed by atoms with Gasteiger partial charge >= 0.3 is 0 Å². The van der Waals surface area contributed by atoms with E-state index >= 15 is 0 Å². The molecule has 1 fully saturated rings. The minimum Gasteiger partial charge on any atom is -0.486 e. The Morgan fingerprint density at radius 1 is 1.23 bits per heavy atom. The normalized spacial score (nSPS) is 29.0. The van der Waals surface area contributed by atoms with E-state index in [0.717, 1.165) is 43.9 Å². The molecule has 1 saturated heterocycles. The van der Waals surface area contributed by atoms with Crippen LogP contribution >= 0.6 is 0 Å². The monoisotopic (exact) mass is 304 g/mol. The second-order valence-corrected chi connectivity index (χ2v) is 7.16. The van der Waals surface area contributed by atoms with Gasteiger partial charge in [-0.2, -0.15) is 0 Å². The molecule has 3 rings (SSSR count). The van der Waals surface area contributed by atoms with Gasteiger partial charge in [-0.3, -0.25) is 4.90 Å². The zero-order chi connectivity index (χ0) is 15.9. The maximum atomic E-state index is 11.1. The van der Waals surface area contributed by atoms with Gasteiger partial charge in [0.25, 0.3) is 0 Å². The van der Waals surface area contributed by atoms with Gasteiger partial charge in [0.2, 0.25) is 0 Å². The molecule has 22 heavy (non-hydrogen) atoms. The standard InChI is InChI=1S/C18H28N2O2/c1-5-13-6-7-15-14(12-13)16(21)17(18(2,3)22-15)20-10-8-19(4)9-11-20/h6-7,12,16-17,21H,5,8-11H2,1-4H3. The van der Waals surface area contributed by atoms with Crippen molar-refractivity contribution in [2.75, 3.05) is 33.2 Å². The first kappa shape index (κ1) is 15.8. The van der Waals surface area contributed by atoms with Crippen LogP contribution in [0, 0.1) is 0 Å². The Balaban J connectivity index is 1.92. The highest BCUT2D eigenvalue weighted by Crippen LogP contribution is 2.42. The highest BCUT2D eigenvalue weighted by Gasteiger charge is 2.46. The molecule has 4 heteroatoms. The van der Waals surface area contributed by atoms with E-state index in [9.17, 15) is 5.11 Å². The first-order valence-electron chi connectivity index (χ1n) is 8.35. The molecule has 0 amide bonds. The minimum absolute atomic E-state index is 0.000746. The topological polar surface area (TPSA) is 35.9 Å². The fraction of sp³-hybridized carbons (Fsp3) is 0.667. The average molecular weight is 304 g/mol. The molecule has 2 heterocycles. The van der Waals surface area contributed by atoms with Crippen molar-refractivity contribution in [3.05, 3.63) is 29.3 Å². The van der Waals surface area contributed by atoms with E-state index in [1.54, 1.807) is 0 Å². The lowest BCUT2D eigenvalue weighted by Gasteiger charge is -2.50. The van der Waals surface area contributed by atoms with Crippen LogP contribution in [-0.4, -0.2) is 59.8 Å². The highest BCUT2D eigenvalue weighted by atomic mass is 16.5.